The fourth-order valence-corrected chi connectivity index (χ4v) is 4.73. The summed E-state index contributed by atoms with van der Waals surface area (Å²) in [7, 11) is 1.59. The van der Waals surface area contributed by atoms with Crippen molar-refractivity contribution in [3.05, 3.63) is 48.5 Å². The number of rotatable bonds is 10. The zero-order valence-corrected chi connectivity index (χ0v) is 21.5. The van der Waals surface area contributed by atoms with Crippen LogP contribution in [0.1, 0.15) is 13.3 Å². The highest BCUT2D eigenvalue weighted by molar-refractivity contribution is 7.80. The highest BCUT2D eigenvalue weighted by atomic mass is 32.1. The van der Waals surface area contributed by atoms with Gasteiger partial charge in [-0.2, -0.15) is 0 Å². The van der Waals surface area contributed by atoms with E-state index in [0.717, 1.165) is 25.4 Å². The molecule has 2 aliphatic heterocycles. The molecular formula is C26H32N4O5S. The summed E-state index contributed by atoms with van der Waals surface area (Å²) in [5.41, 5.74) is 1.29. The van der Waals surface area contributed by atoms with Gasteiger partial charge in [0.1, 0.15) is 17.5 Å². The molecule has 1 N–H and O–H groups in total. The van der Waals surface area contributed by atoms with Crippen molar-refractivity contribution < 1.29 is 23.8 Å². The van der Waals surface area contributed by atoms with Gasteiger partial charge in [0, 0.05) is 31.9 Å². The highest BCUT2D eigenvalue weighted by Gasteiger charge is 2.44. The summed E-state index contributed by atoms with van der Waals surface area (Å²) in [6.07, 6.45) is -0.0120. The third-order valence-electron chi connectivity index (χ3n) is 6.24. The van der Waals surface area contributed by atoms with Crippen molar-refractivity contribution in [1.29, 1.82) is 0 Å². The van der Waals surface area contributed by atoms with Crippen molar-refractivity contribution >= 4 is 40.5 Å². The smallest absolute Gasteiger partial charge is 0.256 e. The van der Waals surface area contributed by atoms with E-state index < -0.39 is 6.04 Å². The Kier molecular flexibility index (Phi) is 8.74. The summed E-state index contributed by atoms with van der Waals surface area (Å²) in [6.45, 7) is 6.80. The van der Waals surface area contributed by atoms with Crippen molar-refractivity contribution in [1.82, 2.24) is 9.80 Å². The molecule has 2 saturated heterocycles. The van der Waals surface area contributed by atoms with Crippen LogP contribution in [0, 0.1) is 0 Å². The fraction of sp³-hybridized carbons (Fsp3) is 0.423. The van der Waals surface area contributed by atoms with Crippen molar-refractivity contribution in [3.8, 4) is 11.5 Å². The van der Waals surface area contributed by atoms with E-state index in [1.807, 2.05) is 11.8 Å². The Balaban J connectivity index is 1.49. The van der Waals surface area contributed by atoms with Crippen LogP contribution in [0.4, 0.5) is 11.4 Å². The summed E-state index contributed by atoms with van der Waals surface area (Å²) in [6, 6.07) is 13.6. The molecule has 0 bridgehead atoms. The summed E-state index contributed by atoms with van der Waals surface area (Å²) < 4.78 is 16.1. The lowest BCUT2D eigenvalue weighted by Crippen LogP contribution is -2.45. The van der Waals surface area contributed by atoms with Gasteiger partial charge < -0.3 is 24.4 Å². The van der Waals surface area contributed by atoms with Crippen molar-refractivity contribution in [2.75, 3.05) is 63.3 Å². The fourth-order valence-electron chi connectivity index (χ4n) is 4.32. The van der Waals surface area contributed by atoms with Crippen LogP contribution in [0.15, 0.2) is 48.5 Å². The standard InChI is InChI=1S/C26H32N4O5S/c1-3-35-22-8-4-19(5-9-22)27-24(31)18-23-25(32)30(20-6-10-21(33-2)11-7-20)26(36)29(23)13-12-28-14-16-34-17-15-28/h4-11,23H,3,12-18H2,1-2H3,(H,27,31)/t23-/m0/s1. The monoisotopic (exact) mass is 512 g/mol. The predicted molar refractivity (Wildman–Crippen MR) is 142 cm³/mol. The minimum atomic E-state index is -0.691. The van der Waals surface area contributed by atoms with Crippen LogP contribution in [-0.2, 0) is 14.3 Å². The van der Waals surface area contributed by atoms with Gasteiger partial charge in [0.2, 0.25) is 5.91 Å². The minimum absolute atomic E-state index is 0.0120. The Labute approximate surface area is 216 Å². The molecular weight excluding hydrogens is 480 g/mol. The van der Waals surface area contributed by atoms with Gasteiger partial charge in [-0.3, -0.25) is 19.4 Å². The molecule has 10 heteroatoms. The lowest BCUT2D eigenvalue weighted by atomic mass is 10.1. The number of carbonyl (C=O) groups excluding carboxylic acids is 2. The van der Waals surface area contributed by atoms with Crippen molar-refractivity contribution in [2.45, 2.75) is 19.4 Å². The Morgan fingerprint density at radius 2 is 1.72 bits per heavy atom. The van der Waals surface area contributed by atoms with Crippen molar-refractivity contribution in [3.63, 3.8) is 0 Å². The molecule has 2 aromatic carbocycles. The highest BCUT2D eigenvalue weighted by Crippen LogP contribution is 2.29. The average molecular weight is 513 g/mol. The van der Waals surface area contributed by atoms with E-state index >= 15 is 0 Å². The van der Waals surface area contributed by atoms with Crippen molar-refractivity contribution in [2.24, 2.45) is 0 Å². The second kappa shape index (κ2) is 12.2. The number of hydrogen-bond donors (Lipinski definition) is 1. The number of benzene rings is 2. The molecule has 1 atom stereocenters. The minimum Gasteiger partial charge on any atom is -0.497 e. The molecule has 2 amide bonds. The van der Waals surface area contributed by atoms with Gasteiger partial charge in [0.25, 0.3) is 5.91 Å². The Bertz CT molecular complexity index is 1060. The molecule has 4 rings (SSSR count). The number of ether oxygens (including phenoxy) is 3. The maximum Gasteiger partial charge on any atom is 0.256 e. The van der Waals surface area contributed by atoms with Crippen LogP contribution in [0.5, 0.6) is 11.5 Å². The number of thiocarbonyl (C=S) groups is 1. The maximum atomic E-state index is 13.6. The van der Waals surface area contributed by atoms with Gasteiger partial charge in [-0.25, -0.2) is 0 Å². The topological polar surface area (TPSA) is 83.6 Å². The lowest BCUT2D eigenvalue weighted by molar-refractivity contribution is -0.124. The molecule has 2 heterocycles. The van der Waals surface area contributed by atoms with Gasteiger partial charge in [-0.05, 0) is 67.7 Å². The van der Waals surface area contributed by atoms with E-state index in [-0.39, 0.29) is 18.2 Å². The van der Waals surface area contributed by atoms with E-state index in [0.29, 0.717) is 48.6 Å². The quantitative estimate of drug-likeness (QED) is 0.487. The largest absolute Gasteiger partial charge is 0.497 e. The molecule has 0 unspecified atom stereocenters. The molecule has 0 saturated carbocycles. The summed E-state index contributed by atoms with van der Waals surface area (Å²) in [5, 5.41) is 3.29. The molecule has 2 fully saturated rings. The Morgan fingerprint density at radius 1 is 1.06 bits per heavy atom. The zero-order chi connectivity index (χ0) is 25.5. The molecule has 0 spiro atoms. The molecule has 0 radical (unpaired) electrons. The predicted octanol–water partition coefficient (Wildman–Crippen LogP) is 2.76. The molecule has 9 nitrogen and oxygen atoms in total. The number of hydrogen-bond acceptors (Lipinski definition) is 7. The normalized spacial score (nSPS) is 18.4. The summed E-state index contributed by atoms with van der Waals surface area (Å²) >= 11 is 5.76. The molecule has 36 heavy (non-hydrogen) atoms. The second-order valence-corrected chi connectivity index (χ2v) is 8.89. The first kappa shape index (κ1) is 25.9. The third kappa shape index (κ3) is 6.13. The number of methoxy groups -OCH3 is 1. The van der Waals surface area contributed by atoms with Crippen LogP contribution in [0.2, 0.25) is 0 Å². The zero-order valence-electron chi connectivity index (χ0n) is 20.6. The van der Waals surface area contributed by atoms with E-state index in [1.165, 1.54) is 4.90 Å². The number of carbonyl (C=O) groups is 2. The lowest BCUT2D eigenvalue weighted by Gasteiger charge is -2.30. The molecule has 192 valence electrons. The first-order valence-electron chi connectivity index (χ1n) is 12.1. The van der Waals surface area contributed by atoms with Gasteiger partial charge in [-0.15, -0.1) is 0 Å². The van der Waals surface area contributed by atoms with Crippen LogP contribution >= 0.6 is 12.2 Å². The van der Waals surface area contributed by atoms with Gasteiger partial charge in [0.05, 0.1) is 39.0 Å². The van der Waals surface area contributed by atoms with Gasteiger partial charge in [0.15, 0.2) is 5.11 Å². The van der Waals surface area contributed by atoms with E-state index in [4.69, 9.17) is 26.4 Å². The number of morpholine rings is 1. The van der Waals surface area contributed by atoms with Crippen LogP contribution < -0.4 is 19.7 Å². The van der Waals surface area contributed by atoms with E-state index in [2.05, 4.69) is 10.2 Å². The number of amides is 2. The molecule has 0 aliphatic carbocycles. The average Bonchev–Trinajstić information content (AvgIpc) is 3.13. The first-order chi connectivity index (χ1) is 17.5. The van der Waals surface area contributed by atoms with Crippen LogP contribution in [0.25, 0.3) is 0 Å². The first-order valence-corrected chi connectivity index (χ1v) is 12.5. The molecule has 2 aliphatic rings. The summed E-state index contributed by atoms with van der Waals surface area (Å²) in [4.78, 5) is 32.2. The third-order valence-corrected chi connectivity index (χ3v) is 6.66. The van der Waals surface area contributed by atoms with Gasteiger partial charge in [-0.1, -0.05) is 0 Å². The maximum absolute atomic E-state index is 13.6. The molecule has 0 aromatic heterocycles. The number of nitrogens with one attached hydrogen (secondary N) is 1. The van der Waals surface area contributed by atoms with Crippen LogP contribution in [0.3, 0.4) is 0 Å². The van der Waals surface area contributed by atoms with E-state index in [1.54, 1.807) is 55.6 Å². The Hall–Kier alpha value is -3.21. The molecule has 2 aromatic rings. The van der Waals surface area contributed by atoms with Gasteiger partial charge >= 0.3 is 0 Å². The number of anilines is 2. The Morgan fingerprint density at radius 3 is 2.36 bits per heavy atom. The van der Waals surface area contributed by atoms with Crippen LogP contribution in [-0.4, -0.2) is 85.9 Å². The SMILES string of the molecule is CCOc1ccc(NC(=O)C[C@H]2C(=O)N(c3ccc(OC)cc3)C(=S)N2CCN2CCOCC2)cc1. The van der Waals surface area contributed by atoms with E-state index in [9.17, 15) is 9.59 Å². The second-order valence-electron chi connectivity index (χ2n) is 8.53. The number of nitrogens with zero attached hydrogens (tertiary/aromatic N) is 3. The summed E-state index contributed by atoms with van der Waals surface area (Å²) in [5.74, 6) is 0.949.